The van der Waals surface area contributed by atoms with E-state index in [1.807, 2.05) is 17.0 Å². The van der Waals surface area contributed by atoms with Crippen molar-refractivity contribution in [2.45, 2.75) is 18.6 Å². The van der Waals surface area contributed by atoms with Crippen molar-refractivity contribution in [3.05, 3.63) is 35.6 Å². The molecule has 2 aromatic rings. The topological polar surface area (TPSA) is 76.6 Å². The summed E-state index contributed by atoms with van der Waals surface area (Å²) < 4.78 is 11.4. The Hall–Kier alpha value is -2.03. The number of nitrogens with zero attached hydrogens (tertiary/aromatic N) is 3. The molecule has 1 amide bonds. The van der Waals surface area contributed by atoms with Crippen molar-refractivity contribution in [3.8, 4) is 0 Å². The highest BCUT2D eigenvalue weighted by Crippen LogP contribution is 2.32. The van der Waals surface area contributed by atoms with Gasteiger partial charge in [0.15, 0.2) is 10.9 Å². The van der Waals surface area contributed by atoms with Crippen LogP contribution in [0.4, 0.5) is 10.8 Å². The number of carbonyl (C=O) groups excluding carboxylic acids is 1. The number of ether oxygens (including phenoxy) is 2. The number of likely N-dealkylation sites (tertiary alicyclic amines) is 1. The lowest BCUT2D eigenvalue weighted by molar-refractivity contribution is -0.181. The van der Waals surface area contributed by atoms with E-state index < -0.39 is 5.79 Å². The summed E-state index contributed by atoms with van der Waals surface area (Å²) >= 11 is 1.41. The minimum absolute atomic E-state index is 0.0432. The smallest absolute Gasteiger partial charge is 0.273 e. The maximum Gasteiger partial charge on any atom is 0.273 e. The van der Waals surface area contributed by atoms with Crippen LogP contribution >= 0.6 is 11.3 Å². The third-order valence-corrected chi connectivity index (χ3v) is 5.02. The van der Waals surface area contributed by atoms with Gasteiger partial charge in [0.2, 0.25) is 0 Å². The van der Waals surface area contributed by atoms with Gasteiger partial charge in [-0.15, -0.1) is 11.3 Å². The van der Waals surface area contributed by atoms with Gasteiger partial charge < -0.3 is 19.7 Å². The van der Waals surface area contributed by atoms with E-state index in [1.54, 1.807) is 17.8 Å². The second kappa shape index (κ2) is 6.46. The van der Waals surface area contributed by atoms with Crippen LogP contribution in [0.15, 0.2) is 29.9 Å². The molecule has 7 nitrogen and oxygen atoms in total. The maximum absolute atomic E-state index is 12.6. The molecule has 2 aromatic heterocycles. The van der Waals surface area contributed by atoms with Crippen LogP contribution in [0.3, 0.4) is 0 Å². The minimum atomic E-state index is -0.466. The normalized spacial score (nSPS) is 19.6. The van der Waals surface area contributed by atoms with Gasteiger partial charge in [0.25, 0.3) is 5.91 Å². The van der Waals surface area contributed by atoms with Crippen molar-refractivity contribution >= 4 is 28.1 Å². The summed E-state index contributed by atoms with van der Waals surface area (Å²) in [4.78, 5) is 22.9. The fourth-order valence-electron chi connectivity index (χ4n) is 2.99. The number of piperidine rings is 1. The summed E-state index contributed by atoms with van der Waals surface area (Å²) in [7, 11) is 0. The Bertz CT molecular complexity index is 705. The van der Waals surface area contributed by atoms with Gasteiger partial charge in [-0.25, -0.2) is 4.98 Å². The first-order valence-corrected chi connectivity index (χ1v) is 8.82. The highest BCUT2D eigenvalue weighted by Gasteiger charge is 2.41. The van der Waals surface area contributed by atoms with Crippen molar-refractivity contribution in [2.75, 3.05) is 31.6 Å². The molecule has 0 bridgehead atoms. The summed E-state index contributed by atoms with van der Waals surface area (Å²) in [6, 6.07) is 3.75. The second-order valence-electron chi connectivity index (χ2n) is 5.80. The fraction of sp³-hybridized carbons (Fsp3) is 0.438. The lowest BCUT2D eigenvalue weighted by Crippen LogP contribution is -2.47. The molecule has 24 heavy (non-hydrogen) atoms. The molecule has 0 radical (unpaired) electrons. The third kappa shape index (κ3) is 3.12. The predicted molar refractivity (Wildman–Crippen MR) is 89.4 cm³/mol. The van der Waals surface area contributed by atoms with Gasteiger partial charge in [-0.3, -0.25) is 9.78 Å². The van der Waals surface area contributed by atoms with Crippen molar-refractivity contribution in [1.82, 2.24) is 14.9 Å². The van der Waals surface area contributed by atoms with E-state index in [2.05, 4.69) is 15.3 Å². The molecule has 4 rings (SSSR count). The fourth-order valence-corrected chi connectivity index (χ4v) is 3.69. The van der Waals surface area contributed by atoms with Gasteiger partial charge in [-0.2, -0.15) is 0 Å². The first-order valence-electron chi connectivity index (χ1n) is 7.94. The number of anilines is 2. The highest BCUT2D eigenvalue weighted by atomic mass is 32.1. The van der Waals surface area contributed by atoms with Crippen molar-refractivity contribution < 1.29 is 14.3 Å². The van der Waals surface area contributed by atoms with Gasteiger partial charge >= 0.3 is 0 Å². The number of rotatable bonds is 3. The standard InChI is InChI=1S/C16H18N4O3S/c21-14(20-6-3-16(4-7-20)22-8-9-23-16)13-11-24-15(19-13)18-12-2-1-5-17-10-12/h1-2,5,10-11H,3-4,6-9H2,(H,18,19). The molecular weight excluding hydrogens is 328 g/mol. The van der Waals surface area contributed by atoms with Crippen LogP contribution in [-0.2, 0) is 9.47 Å². The zero-order valence-corrected chi connectivity index (χ0v) is 13.9. The third-order valence-electron chi connectivity index (χ3n) is 4.26. The molecule has 1 spiro atoms. The van der Waals surface area contributed by atoms with Crippen LogP contribution in [0, 0.1) is 0 Å². The lowest BCUT2D eigenvalue weighted by atomic mass is 10.0. The van der Waals surface area contributed by atoms with Crippen molar-refractivity contribution in [3.63, 3.8) is 0 Å². The molecule has 2 aliphatic heterocycles. The minimum Gasteiger partial charge on any atom is -0.347 e. The molecule has 0 unspecified atom stereocenters. The molecule has 2 saturated heterocycles. The largest absolute Gasteiger partial charge is 0.347 e. The number of hydrogen-bond donors (Lipinski definition) is 1. The Labute approximate surface area is 143 Å². The van der Waals surface area contributed by atoms with E-state index in [0.29, 0.717) is 50.0 Å². The van der Waals surface area contributed by atoms with E-state index in [4.69, 9.17) is 9.47 Å². The van der Waals surface area contributed by atoms with Crippen LogP contribution in [0.1, 0.15) is 23.3 Å². The maximum atomic E-state index is 12.6. The van der Waals surface area contributed by atoms with E-state index in [0.717, 1.165) is 5.69 Å². The van der Waals surface area contributed by atoms with E-state index in [9.17, 15) is 4.79 Å². The molecule has 0 aliphatic carbocycles. The van der Waals surface area contributed by atoms with Gasteiger partial charge in [0, 0.05) is 37.5 Å². The van der Waals surface area contributed by atoms with Crippen LogP contribution in [0.2, 0.25) is 0 Å². The Kier molecular flexibility index (Phi) is 4.17. The summed E-state index contributed by atoms with van der Waals surface area (Å²) in [6.07, 6.45) is 4.85. The summed E-state index contributed by atoms with van der Waals surface area (Å²) in [5.74, 6) is -0.510. The summed E-state index contributed by atoms with van der Waals surface area (Å²) in [5, 5.41) is 5.62. The number of amides is 1. The zero-order chi connectivity index (χ0) is 16.4. The predicted octanol–water partition coefficient (Wildman–Crippen LogP) is 2.26. The number of pyridine rings is 1. The van der Waals surface area contributed by atoms with Gasteiger partial charge in [0.1, 0.15) is 5.69 Å². The van der Waals surface area contributed by atoms with Crippen LogP contribution < -0.4 is 5.32 Å². The van der Waals surface area contributed by atoms with Crippen molar-refractivity contribution in [2.24, 2.45) is 0 Å². The number of thiazole rings is 1. The van der Waals surface area contributed by atoms with Crippen LogP contribution in [0.25, 0.3) is 0 Å². The Morgan fingerprint density at radius 3 is 2.79 bits per heavy atom. The molecule has 2 fully saturated rings. The first-order chi connectivity index (χ1) is 11.7. The Morgan fingerprint density at radius 2 is 2.08 bits per heavy atom. The zero-order valence-electron chi connectivity index (χ0n) is 13.1. The number of aromatic nitrogens is 2. The van der Waals surface area contributed by atoms with E-state index >= 15 is 0 Å². The SMILES string of the molecule is O=C(c1csc(Nc2cccnc2)n1)N1CCC2(CC1)OCCO2. The molecule has 4 heterocycles. The van der Waals surface area contributed by atoms with Crippen LogP contribution in [0.5, 0.6) is 0 Å². The average molecular weight is 346 g/mol. The first kappa shape index (κ1) is 15.5. The average Bonchev–Trinajstić information content (AvgIpc) is 3.26. The monoisotopic (exact) mass is 346 g/mol. The molecule has 0 aromatic carbocycles. The van der Waals surface area contributed by atoms with Gasteiger partial charge in [0.05, 0.1) is 25.1 Å². The molecular formula is C16H18N4O3S. The molecule has 2 aliphatic rings. The molecule has 126 valence electrons. The lowest BCUT2D eigenvalue weighted by Gasteiger charge is -2.37. The van der Waals surface area contributed by atoms with Gasteiger partial charge in [-0.05, 0) is 12.1 Å². The summed E-state index contributed by atoms with van der Waals surface area (Å²) in [5.41, 5.74) is 1.32. The molecule has 8 heteroatoms. The Morgan fingerprint density at radius 1 is 1.29 bits per heavy atom. The Balaban J connectivity index is 1.38. The van der Waals surface area contributed by atoms with E-state index in [1.165, 1.54) is 11.3 Å². The molecule has 0 atom stereocenters. The number of nitrogens with one attached hydrogen (secondary N) is 1. The summed E-state index contributed by atoms with van der Waals surface area (Å²) in [6.45, 7) is 2.54. The van der Waals surface area contributed by atoms with Crippen molar-refractivity contribution in [1.29, 1.82) is 0 Å². The van der Waals surface area contributed by atoms with E-state index in [-0.39, 0.29) is 5.91 Å². The number of hydrogen-bond acceptors (Lipinski definition) is 7. The van der Waals surface area contributed by atoms with Crippen LogP contribution in [-0.4, -0.2) is 52.9 Å². The molecule has 0 saturated carbocycles. The quantitative estimate of drug-likeness (QED) is 0.919. The second-order valence-corrected chi connectivity index (χ2v) is 6.66. The van der Waals surface area contributed by atoms with Gasteiger partial charge in [-0.1, -0.05) is 0 Å². The number of carbonyl (C=O) groups is 1. The highest BCUT2D eigenvalue weighted by molar-refractivity contribution is 7.14. The molecule has 1 N–H and O–H groups in total.